The summed E-state index contributed by atoms with van der Waals surface area (Å²) < 4.78 is 18.4. The van der Waals surface area contributed by atoms with E-state index in [1.54, 1.807) is 13.0 Å². The zero-order chi connectivity index (χ0) is 14.4. The number of rotatable bonds is 6. The molecule has 0 spiro atoms. The number of aliphatic carboxylic acids is 1. The van der Waals surface area contributed by atoms with Gasteiger partial charge in [0.25, 0.3) is 5.91 Å². The maximum Gasteiger partial charge on any atom is 0.323 e. The molecule has 0 atom stereocenters. The average molecular weight is 269 g/mol. The molecule has 0 aliphatic heterocycles. The fourth-order valence-corrected chi connectivity index (χ4v) is 1.59. The van der Waals surface area contributed by atoms with Gasteiger partial charge in [0.15, 0.2) is 0 Å². The molecule has 5 nitrogen and oxygen atoms in total. The van der Waals surface area contributed by atoms with Crippen molar-refractivity contribution in [3.63, 3.8) is 0 Å². The minimum Gasteiger partial charge on any atom is -0.480 e. The molecule has 0 heterocycles. The van der Waals surface area contributed by atoms with Crippen molar-refractivity contribution in [2.24, 2.45) is 0 Å². The quantitative estimate of drug-likeness (QED) is 0.845. The highest BCUT2D eigenvalue weighted by atomic mass is 19.1. The lowest BCUT2D eigenvalue weighted by Gasteiger charge is -2.20. The summed E-state index contributed by atoms with van der Waals surface area (Å²) in [6.07, 6.45) is 0. The molecule has 6 heteroatoms. The molecule has 0 aromatic heterocycles. The van der Waals surface area contributed by atoms with Crippen LogP contribution in [0.1, 0.15) is 15.9 Å². The van der Waals surface area contributed by atoms with Crippen LogP contribution in [0.3, 0.4) is 0 Å². The molecular weight excluding hydrogens is 253 g/mol. The van der Waals surface area contributed by atoms with Crippen LogP contribution in [0.15, 0.2) is 18.2 Å². The van der Waals surface area contributed by atoms with Gasteiger partial charge >= 0.3 is 5.97 Å². The number of methoxy groups -OCH3 is 1. The van der Waals surface area contributed by atoms with E-state index in [1.165, 1.54) is 19.2 Å². The average Bonchev–Trinajstić information content (AvgIpc) is 2.36. The summed E-state index contributed by atoms with van der Waals surface area (Å²) in [4.78, 5) is 23.9. The molecule has 1 rings (SSSR count). The number of carboxylic acid groups (broad SMARTS) is 1. The lowest BCUT2D eigenvalue weighted by Crippen LogP contribution is -2.38. The van der Waals surface area contributed by atoms with Crippen LogP contribution in [-0.4, -0.2) is 48.7 Å². The fourth-order valence-electron chi connectivity index (χ4n) is 1.59. The maximum atomic E-state index is 13.6. The summed E-state index contributed by atoms with van der Waals surface area (Å²) in [5.41, 5.74) is 0.601. The summed E-state index contributed by atoms with van der Waals surface area (Å²) in [6, 6.07) is 4.14. The van der Waals surface area contributed by atoms with Crippen LogP contribution in [0.4, 0.5) is 4.39 Å². The van der Waals surface area contributed by atoms with Gasteiger partial charge in [0.1, 0.15) is 12.4 Å². The van der Waals surface area contributed by atoms with Crippen LogP contribution in [-0.2, 0) is 9.53 Å². The number of hydrogen-bond donors (Lipinski definition) is 1. The SMILES string of the molecule is COCCN(CC(=O)O)C(=O)c1cc(C)ccc1F. The Labute approximate surface area is 110 Å². The first-order valence-corrected chi connectivity index (χ1v) is 5.72. The highest BCUT2D eigenvalue weighted by molar-refractivity contribution is 5.96. The fraction of sp³-hybridized carbons (Fsp3) is 0.385. The van der Waals surface area contributed by atoms with E-state index in [0.29, 0.717) is 0 Å². The number of hydrogen-bond acceptors (Lipinski definition) is 3. The van der Waals surface area contributed by atoms with Gasteiger partial charge < -0.3 is 14.7 Å². The van der Waals surface area contributed by atoms with Crippen LogP contribution in [0.2, 0.25) is 0 Å². The van der Waals surface area contributed by atoms with E-state index in [0.717, 1.165) is 10.5 Å². The smallest absolute Gasteiger partial charge is 0.323 e. The van der Waals surface area contributed by atoms with Crippen molar-refractivity contribution in [1.29, 1.82) is 0 Å². The Morgan fingerprint density at radius 2 is 2.11 bits per heavy atom. The summed E-state index contributed by atoms with van der Waals surface area (Å²) in [5.74, 6) is -2.47. The number of benzene rings is 1. The Bertz CT molecular complexity index is 476. The molecule has 0 bridgehead atoms. The second kappa shape index (κ2) is 6.84. The molecule has 0 aliphatic carbocycles. The molecule has 19 heavy (non-hydrogen) atoms. The van der Waals surface area contributed by atoms with Gasteiger partial charge in [-0.05, 0) is 19.1 Å². The number of carboxylic acids is 1. The Kier molecular flexibility index (Phi) is 5.44. The van der Waals surface area contributed by atoms with E-state index >= 15 is 0 Å². The molecule has 0 aliphatic rings. The minimum absolute atomic E-state index is 0.0923. The lowest BCUT2D eigenvalue weighted by molar-refractivity contribution is -0.137. The minimum atomic E-state index is -1.16. The van der Waals surface area contributed by atoms with Crippen LogP contribution in [0.5, 0.6) is 0 Å². The van der Waals surface area contributed by atoms with Crippen LogP contribution >= 0.6 is 0 Å². The van der Waals surface area contributed by atoms with Crippen molar-refractivity contribution in [2.75, 3.05) is 26.8 Å². The van der Waals surface area contributed by atoms with Crippen molar-refractivity contribution in [2.45, 2.75) is 6.92 Å². The molecule has 0 saturated heterocycles. The molecular formula is C13H16FNO4. The van der Waals surface area contributed by atoms with Crippen molar-refractivity contribution < 1.29 is 23.8 Å². The Hall–Kier alpha value is -1.95. The summed E-state index contributed by atoms with van der Waals surface area (Å²) in [7, 11) is 1.44. The largest absolute Gasteiger partial charge is 0.480 e. The lowest BCUT2D eigenvalue weighted by atomic mass is 10.1. The number of halogens is 1. The summed E-state index contributed by atoms with van der Waals surface area (Å²) in [5, 5.41) is 8.77. The van der Waals surface area contributed by atoms with E-state index in [2.05, 4.69) is 0 Å². The van der Waals surface area contributed by atoms with E-state index in [4.69, 9.17) is 9.84 Å². The normalized spacial score (nSPS) is 10.3. The van der Waals surface area contributed by atoms with Crippen LogP contribution < -0.4 is 0 Å². The molecule has 0 fully saturated rings. The molecule has 0 saturated carbocycles. The van der Waals surface area contributed by atoms with Gasteiger partial charge in [0.05, 0.1) is 12.2 Å². The maximum absolute atomic E-state index is 13.6. The number of ether oxygens (including phenoxy) is 1. The third-order valence-corrected chi connectivity index (χ3v) is 2.53. The number of carbonyl (C=O) groups excluding carboxylic acids is 1. The van der Waals surface area contributed by atoms with Crippen molar-refractivity contribution in [3.8, 4) is 0 Å². The van der Waals surface area contributed by atoms with Gasteiger partial charge in [-0.25, -0.2) is 4.39 Å². The molecule has 1 amide bonds. The summed E-state index contributed by atoms with van der Waals surface area (Å²) >= 11 is 0. The monoisotopic (exact) mass is 269 g/mol. The zero-order valence-electron chi connectivity index (χ0n) is 10.9. The van der Waals surface area contributed by atoms with Gasteiger partial charge in [-0.15, -0.1) is 0 Å². The first-order chi connectivity index (χ1) is 8.95. The Morgan fingerprint density at radius 1 is 1.42 bits per heavy atom. The molecule has 0 unspecified atom stereocenters. The third kappa shape index (κ3) is 4.33. The van der Waals surface area contributed by atoms with Gasteiger partial charge in [-0.3, -0.25) is 9.59 Å². The van der Waals surface area contributed by atoms with Crippen molar-refractivity contribution in [3.05, 3.63) is 35.1 Å². The van der Waals surface area contributed by atoms with E-state index in [-0.39, 0.29) is 18.7 Å². The van der Waals surface area contributed by atoms with Gasteiger partial charge in [-0.1, -0.05) is 11.6 Å². The standard InChI is InChI=1S/C13H16FNO4/c1-9-3-4-11(14)10(7-9)13(18)15(5-6-19-2)8-12(16)17/h3-4,7H,5-6,8H2,1-2H3,(H,16,17). The van der Waals surface area contributed by atoms with Gasteiger partial charge in [0, 0.05) is 13.7 Å². The first-order valence-electron chi connectivity index (χ1n) is 5.72. The second-order valence-corrected chi connectivity index (χ2v) is 4.10. The van der Waals surface area contributed by atoms with Crippen LogP contribution in [0.25, 0.3) is 0 Å². The molecule has 1 aromatic rings. The topological polar surface area (TPSA) is 66.8 Å². The first kappa shape index (κ1) is 15.1. The summed E-state index contributed by atoms with van der Waals surface area (Å²) in [6.45, 7) is 1.52. The van der Waals surface area contributed by atoms with Gasteiger partial charge in [0.2, 0.25) is 0 Å². The van der Waals surface area contributed by atoms with E-state index in [1.807, 2.05) is 0 Å². The number of carbonyl (C=O) groups is 2. The zero-order valence-corrected chi connectivity index (χ0v) is 10.9. The molecule has 1 aromatic carbocycles. The molecule has 104 valence electrons. The third-order valence-electron chi connectivity index (χ3n) is 2.53. The van der Waals surface area contributed by atoms with E-state index < -0.39 is 24.2 Å². The second-order valence-electron chi connectivity index (χ2n) is 4.10. The predicted octanol–water partition coefficient (Wildman–Crippen LogP) is 1.31. The van der Waals surface area contributed by atoms with Crippen molar-refractivity contribution in [1.82, 2.24) is 4.90 Å². The number of nitrogens with zero attached hydrogens (tertiary/aromatic N) is 1. The van der Waals surface area contributed by atoms with Crippen LogP contribution in [0, 0.1) is 12.7 Å². The van der Waals surface area contributed by atoms with E-state index in [9.17, 15) is 14.0 Å². The van der Waals surface area contributed by atoms with Gasteiger partial charge in [-0.2, -0.15) is 0 Å². The van der Waals surface area contributed by atoms with Crippen molar-refractivity contribution >= 4 is 11.9 Å². The predicted molar refractivity (Wildman–Crippen MR) is 66.6 cm³/mol. The number of aryl methyl sites for hydroxylation is 1. The molecule has 1 N–H and O–H groups in total. The Morgan fingerprint density at radius 3 is 2.68 bits per heavy atom. The highest BCUT2D eigenvalue weighted by Gasteiger charge is 2.21. The molecule has 0 radical (unpaired) electrons. The number of amides is 1. The Balaban J connectivity index is 2.97. The highest BCUT2D eigenvalue weighted by Crippen LogP contribution is 2.13.